The SMILES string of the molecule is COc1ccccc1C(C)NCc1ccc(Cl)c(Br)c1. The smallest absolute Gasteiger partial charge is 0.123 e. The Balaban J connectivity index is 2.04. The summed E-state index contributed by atoms with van der Waals surface area (Å²) in [5.41, 5.74) is 2.34. The average molecular weight is 355 g/mol. The predicted molar refractivity (Wildman–Crippen MR) is 87.4 cm³/mol. The standard InChI is InChI=1S/C16H17BrClNO/c1-11(13-5-3-4-6-16(13)20-2)19-10-12-7-8-15(18)14(17)9-12/h3-9,11,19H,10H2,1-2H3. The molecule has 0 bridgehead atoms. The Morgan fingerprint density at radius 2 is 2.00 bits per heavy atom. The quantitative estimate of drug-likeness (QED) is 0.819. The lowest BCUT2D eigenvalue weighted by Gasteiger charge is -2.17. The summed E-state index contributed by atoms with van der Waals surface area (Å²) in [6.07, 6.45) is 0. The van der Waals surface area contributed by atoms with Crippen LogP contribution in [0, 0.1) is 0 Å². The molecule has 106 valence electrons. The van der Waals surface area contributed by atoms with Crippen molar-refractivity contribution in [2.75, 3.05) is 7.11 Å². The molecule has 1 unspecified atom stereocenters. The van der Waals surface area contributed by atoms with Gasteiger partial charge in [0.1, 0.15) is 5.75 Å². The zero-order chi connectivity index (χ0) is 14.5. The Hall–Kier alpha value is -1.03. The van der Waals surface area contributed by atoms with Crippen LogP contribution < -0.4 is 10.1 Å². The Bertz CT molecular complexity index is 588. The first-order chi connectivity index (χ1) is 9.61. The van der Waals surface area contributed by atoms with Crippen LogP contribution in [0.3, 0.4) is 0 Å². The number of methoxy groups -OCH3 is 1. The molecule has 0 fully saturated rings. The van der Waals surface area contributed by atoms with Crippen LogP contribution >= 0.6 is 27.5 Å². The molecule has 20 heavy (non-hydrogen) atoms. The molecular weight excluding hydrogens is 338 g/mol. The zero-order valence-electron chi connectivity index (χ0n) is 11.5. The summed E-state index contributed by atoms with van der Waals surface area (Å²) in [5.74, 6) is 0.907. The van der Waals surface area contributed by atoms with E-state index in [1.54, 1.807) is 7.11 Å². The molecule has 0 aromatic heterocycles. The molecule has 0 aliphatic rings. The number of halogens is 2. The summed E-state index contributed by atoms with van der Waals surface area (Å²) in [6, 6.07) is 14.2. The van der Waals surface area contributed by atoms with Gasteiger partial charge in [-0.3, -0.25) is 0 Å². The van der Waals surface area contributed by atoms with Gasteiger partial charge >= 0.3 is 0 Å². The Morgan fingerprint density at radius 1 is 1.25 bits per heavy atom. The maximum atomic E-state index is 6.00. The van der Waals surface area contributed by atoms with Gasteiger partial charge in [-0.15, -0.1) is 0 Å². The second-order valence-corrected chi connectivity index (χ2v) is 5.85. The van der Waals surface area contributed by atoms with Crippen molar-refractivity contribution >= 4 is 27.5 Å². The van der Waals surface area contributed by atoms with Crippen LogP contribution in [0.1, 0.15) is 24.1 Å². The minimum Gasteiger partial charge on any atom is -0.496 e. The summed E-state index contributed by atoms with van der Waals surface area (Å²) < 4.78 is 6.31. The Kier molecular flexibility index (Phi) is 5.46. The first-order valence-electron chi connectivity index (χ1n) is 6.42. The molecule has 0 radical (unpaired) electrons. The van der Waals surface area contributed by atoms with E-state index < -0.39 is 0 Å². The number of benzene rings is 2. The summed E-state index contributed by atoms with van der Waals surface area (Å²) in [6.45, 7) is 2.90. The van der Waals surface area contributed by atoms with E-state index in [9.17, 15) is 0 Å². The van der Waals surface area contributed by atoms with E-state index in [4.69, 9.17) is 16.3 Å². The van der Waals surface area contributed by atoms with Crippen molar-refractivity contribution in [3.63, 3.8) is 0 Å². The van der Waals surface area contributed by atoms with Gasteiger partial charge in [-0.25, -0.2) is 0 Å². The number of ether oxygens (including phenoxy) is 1. The molecule has 0 aliphatic heterocycles. The van der Waals surface area contributed by atoms with Gasteiger partial charge in [-0.2, -0.15) is 0 Å². The molecule has 0 aliphatic carbocycles. The van der Waals surface area contributed by atoms with Gasteiger partial charge in [0.2, 0.25) is 0 Å². The topological polar surface area (TPSA) is 21.3 Å². The highest BCUT2D eigenvalue weighted by Crippen LogP contribution is 2.26. The van der Waals surface area contributed by atoms with Crippen molar-refractivity contribution in [1.82, 2.24) is 5.32 Å². The fraction of sp³-hybridized carbons (Fsp3) is 0.250. The predicted octanol–water partition coefficient (Wildman–Crippen LogP) is 4.96. The fourth-order valence-corrected chi connectivity index (χ4v) is 2.60. The first-order valence-corrected chi connectivity index (χ1v) is 7.59. The summed E-state index contributed by atoms with van der Waals surface area (Å²) in [7, 11) is 1.70. The van der Waals surface area contributed by atoms with Crippen LogP contribution in [0.2, 0.25) is 5.02 Å². The van der Waals surface area contributed by atoms with Crippen LogP contribution in [-0.4, -0.2) is 7.11 Å². The van der Waals surface area contributed by atoms with Gasteiger partial charge in [0.05, 0.1) is 12.1 Å². The van der Waals surface area contributed by atoms with Crippen molar-refractivity contribution in [2.24, 2.45) is 0 Å². The maximum absolute atomic E-state index is 6.00. The fourth-order valence-electron chi connectivity index (χ4n) is 2.05. The van der Waals surface area contributed by atoms with E-state index in [1.165, 1.54) is 5.56 Å². The molecular formula is C16H17BrClNO. The van der Waals surface area contributed by atoms with Crippen molar-refractivity contribution in [1.29, 1.82) is 0 Å². The van der Waals surface area contributed by atoms with Crippen LogP contribution in [0.5, 0.6) is 5.75 Å². The van der Waals surface area contributed by atoms with Crippen LogP contribution in [0.25, 0.3) is 0 Å². The minimum absolute atomic E-state index is 0.209. The van der Waals surface area contributed by atoms with Crippen molar-refractivity contribution in [2.45, 2.75) is 19.5 Å². The van der Waals surface area contributed by atoms with Gasteiger partial charge in [0.15, 0.2) is 0 Å². The van der Waals surface area contributed by atoms with Gasteiger partial charge < -0.3 is 10.1 Å². The van der Waals surface area contributed by atoms with E-state index in [-0.39, 0.29) is 6.04 Å². The number of hydrogen-bond acceptors (Lipinski definition) is 2. The Labute approximate surface area is 133 Å². The molecule has 0 saturated carbocycles. The Morgan fingerprint density at radius 3 is 2.70 bits per heavy atom. The number of hydrogen-bond donors (Lipinski definition) is 1. The van der Waals surface area contributed by atoms with Crippen LogP contribution in [-0.2, 0) is 6.54 Å². The lowest BCUT2D eigenvalue weighted by molar-refractivity contribution is 0.401. The number of para-hydroxylation sites is 1. The molecule has 4 heteroatoms. The molecule has 2 nitrogen and oxygen atoms in total. The minimum atomic E-state index is 0.209. The van der Waals surface area contributed by atoms with E-state index in [0.29, 0.717) is 0 Å². The normalized spacial score (nSPS) is 12.2. The highest BCUT2D eigenvalue weighted by atomic mass is 79.9. The molecule has 0 saturated heterocycles. The zero-order valence-corrected chi connectivity index (χ0v) is 13.8. The van der Waals surface area contributed by atoms with Gasteiger partial charge in [-0.05, 0) is 46.6 Å². The maximum Gasteiger partial charge on any atom is 0.123 e. The highest BCUT2D eigenvalue weighted by molar-refractivity contribution is 9.10. The van der Waals surface area contributed by atoms with E-state index in [1.807, 2.05) is 36.4 Å². The molecule has 2 aromatic rings. The average Bonchev–Trinajstić information content (AvgIpc) is 2.48. The molecule has 2 rings (SSSR count). The summed E-state index contributed by atoms with van der Waals surface area (Å²) in [4.78, 5) is 0. The second-order valence-electron chi connectivity index (χ2n) is 4.59. The number of nitrogens with one attached hydrogen (secondary N) is 1. The lowest BCUT2D eigenvalue weighted by atomic mass is 10.1. The van der Waals surface area contributed by atoms with Gasteiger partial charge in [0.25, 0.3) is 0 Å². The largest absolute Gasteiger partial charge is 0.496 e. The third kappa shape index (κ3) is 3.75. The van der Waals surface area contributed by atoms with Crippen LogP contribution in [0.4, 0.5) is 0 Å². The lowest BCUT2D eigenvalue weighted by Crippen LogP contribution is -2.18. The van der Waals surface area contributed by atoms with E-state index in [0.717, 1.165) is 27.4 Å². The monoisotopic (exact) mass is 353 g/mol. The first kappa shape index (κ1) is 15.4. The number of rotatable bonds is 5. The third-order valence-electron chi connectivity index (χ3n) is 3.20. The van der Waals surface area contributed by atoms with Crippen molar-refractivity contribution in [3.8, 4) is 5.75 Å². The molecule has 0 amide bonds. The third-order valence-corrected chi connectivity index (χ3v) is 4.42. The van der Waals surface area contributed by atoms with E-state index >= 15 is 0 Å². The van der Waals surface area contributed by atoms with Crippen molar-refractivity contribution in [3.05, 3.63) is 63.1 Å². The van der Waals surface area contributed by atoms with E-state index in [2.05, 4.69) is 34.2 Å². The molecule has 1 N–H and O–H groups in total. The van der Waals surface area contributed by atoms with Crippen LogP contribution in [0.15, 0.2) is 46.9 Å². The molecule has 1 atom stereocenters. The molecule has 0 heterocycles. The molecule has 0 spiro atoms. The summed E-state index contributed by atoms with van der Waals surface area (Å²) in [5, 5.41) is 4.22. The van der Waals surface area contributed by atoms with Crippen molar-refractivity contribution < 1.29 is 4.74 Å². The van der Waals surface area contributed by atoms with Gasteiger partial charge in [0, 0.05) is 22.6 Å². The molecule has 2 aromatic carbocycles. The second kappa shape index (κ2) is 7.11. The summed E-state index contributed by atoms with van der Waals surface area (Å²) >= 11 is 9.44. The van der Waals surface area contributed by atoms with Gasteiger partial charge in [-0.1, -0.05) is 35.9 Å². The highest BCUT2D eigenvalue weighted by Gasteiger charge is 2.10.